The normalized spacial score (nSPS) is 12.6. The largest absolute Gasteiger partial charge is 0.454 e. The molecule has 0 amide bonds. The van der Waals surface area contributed by atoms with Crippen molar-refractivity contribution in [2.24, 2.45) is 16.0 Å². The van der Waals surface area contributed by atoms with Gasteiger partial charge in [0.25, 0.3) is 0 Å². The van der Waals surface area contributed by atoms with Crippen LogP contribution in [-0.4, -0.2) is 15.9 Å². The Hall–Kier alpha value is -2.99. The molecular formula is C22H22N4OS. The van der Waals surface area contributed by atoms with Gasteiger partial charge >= 0.3 is 0 Å². The molecule has 0 bridgehead atoms. The van der Waals surface area contributed by atoms with Crippen LogP contribution in [0.5, 0.6) is 0 Å². The van der Waals surface area contributed by atoms with Crippen molar-refractivity contribution in [3.63, 3.8) is 0 Å². The maximum atomic E-state index is 6.08. The zero-order valence-corrected chi connectivity index (χ0v) is 16.8. The summed E-state index contributed by atoms with van der Waals surface area (Å²) in [5.41, 5.74) is 2.56. The number of aromatic nitrogens is 2. The Morgan fingerprint density at radius 1 is 1.18 bits per heavy atom. The van der Waals surface area contributed by atoms with E-state index in [0.717, 1.165) is 45.8 Å². The standard InChI is InChI=1S/C22H22N4OS/c1-3-16(4-2)13-24-26-19(21-12-17-8-5-6-10-20(17)27-21)15-28-22(26)25-18-9-7-11-23-14-18/h5-16H,3-4H2,1-2H3. The molecule has 0 atom stereocenters. The first-order chi connectivity index (χ1) is 13.8. The van der Waals surface area contributed by atoms with Crippen LogP contribution in [0.2, 0.25) is 0 Å². The third-order valence-electron chi connectivity index (χ3n) is 4.68. The number of para-hydroxylation sites is 1. The number of thiazole rings is 1. The van der Waals surface area contributed by atoms with Crippen molar-refractivity contribution in [1.29, 1.82) is 0 Å². The second kappa shape index (κ2) is 8.35. The summed E-state index contributed by atoms with van der Waals surface area (Å²) in [6.45, 7) is 4.36. The number of hydrogen-bond acceptors (Lipinski definition) is 5. The molecule has 0 aliphatic heterocycles. The van der Waals surface area contributed by atoms with Gasteiger partial charge in [-0.25, -0.2) is 9.67 Å². The fourth-order valence-electron chi connectivity index (χ4n) is 2.96. The summed E-state index contributed by atoms with van der Waals surface area (Å²) in [6.07, 6.45) is 7.61. The second-order valence-electron chi connectivity index (χ2n) is 6.53. The Morgan fingerprint density at radius 2 is 2.04 bits per heavy atom. The number of rotatable bonds is 6. The first kappa shape index (κ1) is 18.4. The fourth-order valence-corrected chi connectivity index (χ4v) is 3.79. The van der Waals surface area contributed by atoms with Crippen molar-refractivity contribution in [3.8, 4) is 11.5 Å². The van der Waals surface area contributed by atoms with E-state index >= 15 is 0 Å². The van der Waals surface area contributed by atoms with Crippen LogP contribution in [0.4, 0.5) is 5.69 Å². The minimum atomic E-state index is 0.433. The molecule has 0 aliphatic rings. The van der Waals surface area contributed by atoms with Gasteiger partial charge in [0.2, 0.25) is 4.80 Å². The van der Waals surface area contributed by atoms with Crippen molar-refractivity contribution in [2.45, 2.75) is 26.7 Å². The summed E-state index contributed by atoms with van der Waals surface area (Å²) in [5, 5.41) is 7.89. The Balaban J connectivity index is 1.85. The zero-order valence-electron chi connectivity index (χ0n) is 15.9. The molecule has 1 aromatic carbocycles. The average molecular weight is 391 g/mol. The Bertz CT molecular complexity index is 1120. The molecule has 142 valence electrons. The van der Waals surface area contributed by atoms with Crippen LogP contribution in [0.1, 0.15) is 26.7 Å². The van der Waals surface area contributed by atoms with E-state index in [0.29, 0.717) is 5.92 Å². The molecular weight excluding hydrogens is 368 g/mol. The maximum Gasteiger partial charge on any atom is 0.211 e. The van der Waals surface area contributed by atoms with Crippen LogP contribution in [0.3, 0.4) is 0 Å². The van der Waals surface area contributed by atoms with Crippen LogP contribution < -0.4 is 4.80 Å². The summed E-state index contributed by atoms with van der Waals surface area (Å²) >= 11 is 1.54. The molecule has 6 heteroatoms. The minimum Gasteiger partial charge on any atom is -0.454 e. The van der Waals surface area contributed by atoms with Gasteiger partial charge in [0.05, 0.1) is 11.9 Å². The van der Waals surface area contributed by atoms with Crippen molar-refractivity contribution in [1.82, 2.24) is 9.66 Å². The molecule has 0 fully saturated rings. The molecule has 0 radical (unpaired) electrons. The Labute approximate surface area is 167 Å². The number of fused-ring (bicyclic) bond motifs is 1. The fraction of sp³-hybridized carbons (Fsp3) is 0.227. The molecule has 0 spiro atoms. The second-order valence-corrected chi connectivity index (χ2v) is 7.36. The molecule has 0 unspecified atom stereocenters. The monoisotopic (exact) mass is 390 g/mol. The zero-order chi connectivity index (χ0) is 19.3. The lowest BCUT2D eigenvalue weighted by atomic mass is 10.1. The first-order valence-corrected chi connectivity index (χ1v) is 10.3. The molecule has 3 heterocycles. The van der Waals surface area contributed by atoms with Crippen molar-refractivity contribution >= 4 is 34.2 Å². The number of pyridine rings is 1. The highest BCUT2D eigenvalue weighted by Gasteiger charge is 2.13. The number of benzene rings is 1. The van der Waals surface area contributed by atoms with Crippen molar-refractivity contribution in [2.75, 3.05) is 0 Å². The van der Waals surface area contributed by atoms with E-state index in [2.05, 4.69) is 18.8 Å². The van der Waals surface area contributed by atoms with Crippen LogP contribution in [0.15, 0.2) is 74.7 Å². The quantitative estimate of drug-likeness (QED) is 0.387. The molecule has 5 nitrogen and oxygen atoms in total. The molecule has 0 N–H and O–H groups in total. The Morgan fingerprint density at radius 3 is 2.79 bits per heavy atom. The van der Waals surface area contributed by atoms with Gasteiger partial charge in [-0.15, -0.1) is 11.3 Å². The van der Waals surface area contributed by atoms with E-state index in [1.165, 1.54) is 11.3 Å². The molecule has 0 aliphatic carbocycles. The summed E-state index contributed by atoms with van der Waals surface area (Å²) in [4.78, 5) is 9.67. The molecule has 0 saturated carbocycles. The minimum absolute atomic E-state index is 0.433. The van der Waals surface area contributed by atoms with Gasteiger partial charge in [-0.1, -0.05) is 32.0 Å². The predicted molar refractivity (Wildman–Crippen MR) is 115 cm³/mol. The van der Waals surface area contributed by atoms with Crippen LogP contribution in [0.25, 0.3) is 22.4 Å². The average Bonchev–Trinajstić information content (AvgIpc) is 3.33. The van der Waals surface area contributed by atoms with Crippen LogP contribution >= 0.6 is 11.3 Å². The lowest BCUT2D eigenvalue weighted by molar-refractivity contribution is 0.619. The van der Waals surface area contributed by atoms with E-state index in [4.69, 9.17) is 14.5 Å². The van der Waals surface area contributed by atoms with Crippen molar-refractivity contribution in [3.05, 3.63) is 65.0 Å². The third kappa shape index (κ3) is 3.82. The lowest BCUT2D eigenvalue weighted by Gasteiger charge is -2.05. The third-order valence-corrected chi connectivity index (χ3v) is 5.49. The van der Waals surface area contributed by atoms with Gasteiger partial charge in [-0.05, 0) is 43.0 Å². The molecule has 4 rings (SSSR count). The predicted octanol–water partition coefficient (Wildman–Crippen LogP) is 5.86. The summed E-state index contributed by atoms with van der Waals surface area (Å²) in [6, 6.07) is 13.9. The van der Waals surface area contributed by atoms with Gasteiger partial charge in [0.15, 0.2) is 5.76 Å². The van der Waals surface area contributed by atoms with Gasteiger partial charge in [0, 0.05) is 23.2 Å². The smallest absolute Gasteiger partial charge is 0.211 e. The highest BCUT2D eigenvalue weighted by Crippen LogP contribution is 2.28. The molecule has 3 aromatic heterocycles. The summed E-state index contributed by atoms with van der Waals surface area (Å²) in [5.74, 6) is 1.22. The lowest BCUT2D eigenvalue weighted by Crippen LogP contribution is -2.12. The number of furan rings is 1. The topological polar surface area (TPSA) is 55.7 Å². The van der Waals surface area contributed by atoms with E-state index in [1.54, 1.807) is 12.4 Å². The van der Waals surface area contributed by atoms with Gasteiger partial charge in [0.1, 0.15) is 11.3 Å². The molecule has 0 saturated heterocycles. The highest BCUT2D eigenvalue weighted by molar-refractivity contribution is 7.07. The first-order valence-electron chi connectivity index (χ1n) is 9.47. The van der Waals surface area contributed by atoms with E-state index in [1.807, 2.05) is 58.7 Å². The Kier molecular flexibility index (Phi) is 5.48. The molecule has 4 aromatic rings. The van der Waals surface area contributed by atoms with Gasteiger partial charge in [-0.3, -0.25) is 4.98 Å². The highest BCUT2D eigenvalue weighted by atomic mass is 32.1. The number of hydrogen-bond donors (Lipinski definition) is 0. The van der Waals surface area contributed by atoms with E-state index in [-0.39, 0.29) is 0 Å². The maximum absolute atomic E-state index is 6.08. The van der Waals surface area contributed by atoms with Gasteiger partial charge < -0.3 is 4.42 Å². The summed E-state index contributed by atoms with van der Waals surface area (Å²) in [7, 11) is 0. The van der Waals surface area contributed by atoms with Crippen LogP contribution in [-0.2, 0) is 0 Å². The number of nitrogens with zero attached hydrogens (tertiary/aromatic N) is 4. The van der Waals surface area contributed by atoms with E-state index in [9.17, 15) is 0 Å². The van der Waals surface area contributed by atoms with Crippen LogP contribution in [0, 0.1) is 5.92 Å². The molecule has 28 heavy (non-hydrogen) atoms. The summed E-state index contributed by atoms with van der Waals surface area (Å²) < 4.78 is 7.94. The van der Waals surface area contributed by atoms with Gasteiger partial charge in [-0.2, -0.15) is 5.10 Å². The van der Waals surface area contributed by atoms with E-state index < -0.39 is 0 Å². The van der Waals surface area contributed by atoms with Crippen molar-refractivity contribution < 1.29 is 4.42 Å². The SMILES string of the molecule is CCC(C=Nn1c(-c2cc3ccccc3o2)csc1=Nc1cccnc1)CC.